The van der Waals surface area contributed by atoms with E-state index in [1.165, 1.54) is 17.4 Å². The van der Waals surface area contributed by atoms with E-state index in [2.05, 4.69) is 19.9 Å². The quantitative estimate of drug-likeness (QED) is 0.741. The van der Waals surface area contributed by atoms with Gasteiger partial charge in [0.15, 0.2) is 0 Å². The molecule has 0 bridgehead atoms. The molecule has 0 amide bonds. The van der Waals surface area contributed by atoms with Crippen molar-refractivity contribution in [2.75, 3.05) is 4.72 Å². The van der Waals surface area contributed by atoms with Crippen LogP contribution in [0.15, 0.2) is 46.2 Å². The fourth-order valence-corrected chi connectivity index (χ4v) is 4.69. The molecule has 0 spiro atoms. The second-order valence-electron chi connectivity index (χ2n) is 5.16. The average Bonchev–Trinajstić information content (AvgIpc) is 2.90. The highest BCUT2D eigenvalue weighted by molar-refractivity contribution is 7.93. The van der Waals surface area contributed by atoms with Crippen molar-refractivity contribution in [1.29, 1.82) is 0 Å². The Hall–Kier alpha value is -2.52. The first-order chi connectivity index (χ1) is 11.3. The van der Waals surface area contributed by atoms with Gasteiger partial charge in [0.2, 0.25) is 0 Å². The minimum Gasteiger partial charge on any atom is -0.268 e. The zero-order valence-electron chi connectivity index (χ0n) is 12.9. The van der Waals surface area contributed by atoms with Crippen LogP contribution in [0.25, 0.3) is 10.6 Å². The molecule has 0 atom stereocenters. The Morgan fingerprint density at radius 3 is 2.62 bits per heavy atom. The number of aromatic nitrogens is 3. The molecule has 0 aliphatic rings. The molecule has 0 unspecified atom stereocenters. The van der Waals surface area contributed by atoms with E-state index in [-0.39, 0.29) is 16.3 Å². The fourth-order valence-electron chi connectivity index (χ4n) is 2.12. The number of sulfonamides is 1. The molecule has 3 aromatic heterocycles. The summed E-state index contributed by atoms with van der Waals surface area (Å²) >= 11 is 1.29. The highest BCUT2D eigenvalue weighted by atomic mass is 32.2. The smallest absolute Gasteiger partial charge is 0.264 e. The lowest BCUT2D eigenvalue weighted by molar-refractivity contribution is 0.601. The van der Waals surface area contributed by atoms with Gasteiger partial charge in [0.25, 0.3) is 15.6 Å². The number of H-pyrrole nitrogens is 1. The Labute approximate surface area is 142 Å². The molecule has 3 heterocycles. The fraction of sp³-hybridized carbons (Fsp3) is 0.133. The zero-order valence-corrected chi connectivity index (χ0v) is 14.5. The van der Waals surface area contributed by atoms with Crippen LogP contribution >= 0.6 is 11.3 Å². The Kier molecular flexibility index (Phi) is 4.20. The second kappa shape index (κ2) is 6.17. The van der Waals surface area contributed by atoms with E-state index in [9.17, 15) is 13.2 Å². The van der Waals surface area contributed by atoms with Crippen LogP contribution in [0.3, 0.4) is 0 Å². The molecule has 9 heteroatoms. The van der Waals surface area contributed by atoms with Gasteiger partial charge in [-0.25, -0.2) is 18.5 Å². The molecule has 0 fully saturated rings. The van der Waals surface area contributed by atoms with Crippen molar-refractivity contribution in [3.8, 4) is 10.6 Å². The topological polar surface area (TPSA) is 105 Å². The van der Waals surface area contributed by atoms with E-state index in [0.29, 0.717) is 15.4 Å². The van der Waals surface area contributed by atoms with Crippen LogP contribution < -0.4 is 10.3 Å². The highest BCUT2D eigenvalue weighted by Gasteiger charge is 2.21. The number of thiophene rings is 1. The van der Waals surface area contributed by atoms with Gasteiger partial charge in [-0.15, -0.1) is 11.3 Å². The maximum atomic E-state index is 12.6. The van der Waals surface area contributed by atoms with Crippen LogP contribution in [0.5, 0.6) is 0 Å². The normalized spacial score (nSPS) is 11.4. The van der Waals surface area contributed by atoms with Crippen LogP contribution in [-0.4, -0.2) is 23.6 Å². The van der Waals surface area contributed by atoms with Crippen molar-refractivity contribution in [3.05, 3.63) is 57.3 Å². The Morgan fingerprint density at radius 1 is 1.17 bits per heavy atom. The lowest BCUT2D eigenvalue weighted by Crippen LogP contribution is -2.14. The molecule has 124 valence electrons. The first kappa shape index (κ1) is 16.3. The molecule has 3 aromatic rings. The van der Waals surface area contributed by atoms with E-state index in [0.717, 1.165) is 5.56 Å². The van der Waals surface area contributed by atoms with Crippen molar-refractivity contribution >= 4 is 27.2 Å². The van der Waals surface area contributed by atoms with Crippen LogP contribution in [0.4, 0.5) is 5.82 Å². The summed E-state index contributed by atoms with van der Waals surface area (Å²) in [5.74, 6) is 0.268. The molecule has 0 radical (unpaired) electrons. The molecule has 7 nitrogen and oxygen atoms in total. The number of rotatable bonds is 4. The third kappa shape index (κ3) is 3.36. The Balaban J connectivity index is 1.96. The van der Waals surface area contributed by atoms with Gasteiger partial charge in [-0.3, -0.25) is 9.52 Å². The second-order valence-corrected chi connectivity index (χ2v) is 8.07. The largest absolute Gasteiger partial charge is 0.268 e. The van der Waals surface area contributed by atoms with E-state index < -0.39 is 10.0 Å². The Bertz CT molecular complexity index is 1030. The molecule has 0 aromatic carbocycles. The average molecular weight is 362 g/mol. The number of nitrogens with one attached hydrogen (secondary N) is 2. The Morgan fingerprint density at radius 2 is 1.96 bits per heavy atom. The molecular formula is C15H14N4O3S2. The number of hydrogen-bond donors (Lipinski definition) is 2. The number of hydrogen-bond acceptors (Lipinski definition) is 6. The molecule has 0 saturated carbocycles. The van der Waals surface area contributed by atoms with E-state index in [1.807, 2.05) is 6.92 Å². The summed E-state index contributed by atoms with van der Waals surface area (Å²) in [7, 11) is -3.76. The minimum atomic E-state index is -3.76. The van der Waals surface area contributed by atoms with E-state index >= 15 is 0 Å². The lowest BCUT2D eigenvalue weighted by atomic mass is 10.3. The maximum absolute atomic E-state index is 12.6. The predicted octanol–water partition coefficient (Wildman–Crippen LogP) is 2.31. The number of anilines is 1. The van der Waals surface area contributed by atoms with Crippen molar-refractivity contribution in [2.45, 2.75) is 18.7 Å². The highest BCUT2D eigenvalue weighted by Crippen LogP contribution is 2.32. The SMILES string of the molecule is Cc1ccnc(NS(=O)(=O)c2cc(-c3ccc(=O)[nH]n3)sc2C)c1. The molecule has 2 N–H and O–H groups in total. The third-order valence-corrected chi connectivity index (χ3v) is 5.93. The summed E-state index contributed by atoms with van der Waals surface area (Å²) in [5, 5.41) is 6.26. The summed E-state index contributed by atoms with van der Waals surface area (Å²) in [6, 6.07) is 7.88. The van der Waals surface area contributed by atoms with Crippen LogP contribution in [0, 0.1) is 13.8 Å². The van der Waals surface area contributed by atoms with Crippen LogP contribution in [-0.2, 0) is 10.0 Å². The van der Waals surface area contributed by atoms with Gasteiger partial charge in [-0.05, 0) is 43.7 Å². The lowest BCUT2D eigenvalue weighted by Gasteiger charge is -2.07. The van der Waals surface area contributed by atoms with Crippen molar-refractivity contribution in [2.24, 2.45) is 0 Å². The number of nitrogens with zero attached hydrogens (tertiary/aromatic N) is 2. The van der Waals surface area contributed by atoms with Gasteiger partial charge < -0.3 is 0 Å². The van der Waals surface area contributed by atoms with Crippen LogP contribution in [0.2, 0.25) is 0 Å². The minimum absolute atomic E-state index is 0.166. The number of aryl methyl sites for hydroxylation is 2. The van der Waals surface area contributed by atoms with Gasteiger partial charge in [0.05, 0.1) is 4.88 Å². The third-order valence-electron chi connectivity index (χ3n) is 3.25. The maximum Gasteiger partial charge on any atom is 0.264 e. The first-order valence-electron chi connectivity index (χ1n) is 6.97. The number of pyridine rings is 1. The van der Waals surface area contributed by atoms with Crippen molar-refractivity contribution < 1.29 is 8.42 Å². The van der Waals surface area contributed by atoms with Crippen LogP contribution in [0.1, 0.15) is 10.4 Å². The first-order valence-corrected chi connectivity index (χ1v) is 9.27. The standard InChI is InChI=1S/C15H14N4O3S2/c1-9-5-6-16-14(7-9)19-24(21,22)13-8-12(23-10(13)2)11-3-4-15(20)18-17-11/h3-8H,1-2H3,(H,16,19)(H,18,20). The molecular weight excluding hydrogens is 348 g/mol. The summed E-state index contributed by atoms with van der Waals surface area (Å²) in [6.45, 7) is 3.58. The zero-order chi connectivity index (χ0) is 17.3. The van der Waals surface area contributed by atoms with Gasteiger partial charge in [0, 0.05) is 17.1 Å². The van der Waals surface area contributed by atoms with Gasteiger partial charge in [0.1, 0.15) is 16.4 Å². The van der Waals surface area contributed by atoms with Gasteiger partial charge >= 0.3 is 0 Å². The van der Waals surface area contributed by atoms with E-state index in [1.54, 1.807) is 37.4 Å². The predicted molar refractivity (Wildman–Crippen MR) is 92.7 cm³/mol. The molecule has 3 rings (SSSR count). The van der Waals surface area contributed by atoms with Crippen molar-refractivity contribution in [3.63, 3.8) is 0 Å². The molecule has 0 aliphatic heterocycles. The number of aromatic amines is 1. The summed E-state index contributed by atoms with van der Waals surface area (Å²) < 4.78 is 27.7. The summed E-state index contributed by atoms with van der Waals surface area (Å²) in [6.07, 6.45) is 1.54. The van der Waals surface area contributed by atoms with Gasteiger partial charge in [-0.2, -0.15) is 5.10 Å². The van der Waals surface area contributed by atoms with Gasteiger partial charge in [-0.1, -0.05) is 0 Å². The summed E-state index contributed by atoms with van der Waals surface area (Å²) in [5.41, 5.74) is 1.10. The van der Waals surface area contributed by atoms with Crippen molar-refractivity contribution in [1.82, 2.24) is 15.2 Å². The summed E-state index contributed by atoms with van der Waals surface area (Å²) in [4.78, 5) is 16.5. The molecule has 0 aliphatic carbocycles. The molecule has 24 heavy (non-hydrogen) atoms. The molecule has 0 saturated heterocycles. The van der Waals surface area contributed by atoms with E-state index in [4.69, 9.17) is 0 Å². The monoisotopic (exact) mass is 362 g/mol.